The first-order chi connectivity index (χ1) is 18.6. The van der Waals surface area contributed by atoms with E-state index in [1.807, 2.05) is 37.3 Å². The minimum atomic E-state index is -0.218. The van der Waals surface area contributed by atoms with E-state index in [9.17, 15) is 15.0 Å². The number of carbonyl (C=O) groups is 1. The summed E-state index contributed by atoms with van der Waals surface area (Å²) in [6.45, 7) is 12.3. The van der Waals surface area contributed by atoms with Gasteiger partial charge in [0.1, 0.15) is 23.9 Å². The number of ketones is 1. The van der Waals surface area contributed by atoms with Crippen LogP contribution < -0.4 is 4.74 Å². The Kier molecular flexibility index (Phi) is 7.70. The first-order valence-corrected chi connectivity index (χ1v) is 14.5. The van der Waals surface area contributed by atoms with Crippen LogP contribution in [-0.4, -0.2) is 47.1 Å². The SMILES string of the molecule is Cc1cc(C(=O)c2c(-c3ccc(O)cc3)sc3cc(O)ccc23)cc(C(C)(C)C)c1OCCN1CCCCC1. The zero-order valence-corrected chi connectivity index (χ0v) is 24.0. The predicted molar refractivity (Wildman–Crippen MR) is 160 cm³/mol. The van der Waals surface area contributed by atoms with Crippen molar-refractivity contribution in [1.82, 2.24) is 4.90 Å². The smallest absolute Gasteiger partial charge is 0.195 e. The largest absolute Gasteiger partial charge is 0.508 e. The van der Waals surface area contributed by atoms with Gasteiger partial charge in [0.15, 0.2) is 5.78 Å². The number of carbonyl (C=O) groups excluding carboxylic acids is 1. The maximum Gasteiger partial charge on any atom is 0.195 e. The fourth-order valence-corrected chi connectivity index (χ4v) is 6.62. The number of hydrogen-bond acceptors (Lipinski definition) is 6. The van der Waals surface area contributed by atoms with Crippen molar-refractivity contribution in [3.63, 3.8) is 0 Å². The fraction of sp³-hybridized carbons (Fsp3) is 0.364. The second kappa shape index (κ2) is 11.0. The molecule has 204 valence electrons. The summed E-state index contributed by atoms with van der Waals surface area (Å²) in [7, 11) is 0. The molecule has 2 heterocycles. The van der Waals surface area contributed by atoms with Crippen molar-refractivity contribution in [2.75, 3.05) is 26.2 Å². The maximum absolute atomic E-state index is 14.3. The van der Waals surface area contributed by atoms with E-state index in [4.69, 9.17) is 4.74 Å². The summed E-state index contributed by atoms with van der Waals surface area (Å²) in [5.74, 6) is 1.14. The van der Waals surface area contributed by atoms with Crippen LogP contribution in [0.15, 0.2) is 54.6 Å². The monoisotopic (exact) mass is 543 g/mol. The van der Waals surface area contributed by atoms with Crippen LogP contribution in [0.1, 0.15) is 67.1 Å². The minimum absolute atomic E-state index is 0.0662. The Morgan fingerprint density at radius 2 is 1.64 bits per heavy atom. The maximum atomic E-state index is 14.3. The van der Waals surface area contributed by atoms with Gasteiger partial charge < -0.3 is 14.9 Å². The minimum Gasteiger partial charge on any atom is -0.508 e. The van der Waals surface area contributed by atoms with Crippen molar-refractivity contribution in [3.8, 4) is 27.7 Å². The number of nitrogens with zero attached hydrogens (tertiary/aromatic N) is 1. The lowest BCUT2D eigenvalue weighted by atomic mass is 9.83. The highest BCUT2D eigenvalue weighted by molar-refractivity contribution is 7.22. The molecule has 2 N–H and O–H groups in total. The number of likely N-dealkylation sites (tertiary alicyclic amines) is 1. The van der Waals surface area contributed by atoms with Gasteiger partial charge in [0.2, 0.25) is 0 Å². The average molecular weight is 544 g/mol. The summed E-state index contributed by atoms with van der Waals surface area (Å²) in [5.41, 5.74) is 3.83. The van der Waals surface area contributed by atoms with Gasteiger partial charge in [-0.05, 0) is 104 Å². The first kappa shape index (κ1) is 27.2. The molecule has 0 atom stereocenters. The summed E-state index contributed by atoms with van der Waals surface area (Å²) in [4.78, 5) is 17.6. The Balaban J connectivity index is 1.54. The van der Waals surface area contributed by atoms with Gasteiger partial charge in [-0.3, -0.25) is 9.69 Å². The van der Waals surface area contributed by atoms with E-state index in [1.165, 1.54) is 30.6 Å². The molecular formula is C33H37NO4S. The summed E-state index contributed by atoms with van der Waals surface area (Å²) in [5, 5.41) is 20.7. The third kappa shape index (κ3) is 5.82. The molecule has 1 aliphatic rings. The van der Waals surface area contributed by atoms with E-state index in [1.54, 1.807) is 24.3 Å². The van der Waals surface area contributed by atoms with E-state index in [0.29, 0.717) is 17.7 Å². The second-order valence-electron chi connectivity index (χ2n) is 11.5. The third-order valence-electron chi connectivity index (χ3n) is 7.48. The van der Waals surface area contributed by atoms with E-state index >= 15 is 0 Å². The molecule has 0 spiro atoms. The molecule has 0 unspecified atom stereocenters. The van der Waals surface area contributed by atoms with Crippen molar-refractivity contribution in [3.05, 3.63) is 76.9 Å². The lowest BCUT2D eigenvalue weighted by Crippen LogP contribution is -2.33. The topological polar surface area (TPSA) is 70.0 Å². The van der Waals surface area contributed by atoms with Crippen LogP contribution in [-0.2, 0) is 5.41 Å². The predicted octanol–water partition coefficient (Wildman–Crippen LogP) is 7.68. The average Bonchev–Trinajstić information content (AvgIpc) is 3.27. The zero-order valence-electron chi connectivity index (χ0n) is 23.2. The van der Waals surface area contributed by atoms with Gasteiger partial charge in [-0.1, -0.05) is 27.2 Å². The van der Waals surface area contributed by atoms with Crippen LogP contribution >= 0.6 is 11.3 Å². The number of phenols is 2. The van der Waals surface area contributed by atoms with E-state index in [2.05, 4.69) is 25.7 Å². The molecule has 0 bridgehead atoms. The van der Waals surface area contributed by atoms with Gasteiger partial charge in [-0.15, -0.1) is 11.3 Å². The van der Waals surface area contributed by atoms with Gasteiger partial charge in [-0.2, -0.15) is 0 Å². The molecule has 5 nitrogen and oxygen atoms in total. The Labute approximate surface area is 234 Å². The number of fused-ring (bicyclic) bond motifs is 1. The number of aryl methyl sites for hydroxylation is 1. The number of piperidine rings is 1. The zero-order chi connectivity index (χ0) is 27.7. The molecule has 1 aliphatic heterocycles. The van der Waals surface area contributed by atoms with Crippen molar-refractivity contribution >= 4 is 27.2 Å². The van der Waals surface area contributed by atoms with E-state index in [-0.39, 0.29) is 22.7 Å². The number of rotatable bonds is 7. The molecule has 1 saturated heterocycles. The molecule has 3 aromatic carbocycles. The highest BCUT2D eigenvalue weighted by atomic mass is 32.1. The van der Waals surface area contributed by atoms with Crippen molar-refractivity contribution in [1.29, 1.82) is 0 Å². The van der Waals surface area contributed by atoms with Gasteiger partial charge in [0, 0.05) is 38.2 Å². The quantitative estimate of drug-likeness (QED) is 0.234. The standard InChI is InChI=1S/C33H37NO4S/c1-21-18-23(19-27(33(2,3)4)31(21)38-17-16-34-14-6-5-7-15-34)30(37)29-26-13-12-25(36)20-28(26)39-32(29)22-8-10-24(35)11-9-22/h8-13,18-20,35-36H,5-7,14-17H2,1-4H3. The van der Waals surface area contributed by atoms with Crippen LogP contribution in [0.3, 0.4) is 0 Å². The fourth-order valence-electron chi connectivity index (χ4n) is 5.38. The van der Waals surface area contributed by atoms with E-state index in [0.717, 1.165) is 57.0 Å². The molecule has 5 rings (SSSR count). The summed E-state index contributed by atoms with van der Waals surface area (Å²) in [6.07, 6.45) is 3.83. The molecule has 0 radical (unpaired) electrons. The van der Waals surface area contributed by atoms with Crippen molar-refractivity contribution in [2.45, 2.75) is 52.4 Å². The Bertz CT molecular complexity index is 1490. The van der Waals surface area contributed by atoms with Crippen LogP contribution in [0.4, 0.5) is 0 Å². The molecule has 6 heteroatoms. The second-order valence-corrected chi connectivity index (χ2v) is 12.6. The lowest BCUT2D eigenvalue weighted by Gasteiger charge is -2.28. The van der Waals surface area contributed by atoms with Crippen LogP contribution in [0.25, 0.3) is 20.5 Å². The van der Waals surface area contributed by atoms with Gasteiger partial charge in [0.25, 0.3) is 0 Å². The van der Waals surface area contributed by atoms with Crippen LogP contribution in [0, 0.1) is 6.92 Å². The van der Waals surface area contributed by atoms with Gasteiger partial charge >= 0.3 is 0 Å². The number of phenolic OH excluding ortho intramolecular Hbond substituents is 2. The number of ether oxygens (including phenoxy) is 1. The van der Waals surface area contributed by atoms with Crippen LogP contribution in [0.2, 0.25) is 0 Å². The Hall–Kier alpha value is -3.35. The Morgan fingerprint density at radius 3 is 2.33 bits per heavy atom. The molecule has 1 fully saturated rings. The third-order valence-corrected chi connectivity index (χ3v) is 8.68. The number of thiophene rings is 1. The molecule has 0 saturated carbocycles. The Morgan fingerprint density at radius 1 is 0.949 bits per heavy atom. The van der Waals surface area contributed by atoms with E-state index < -0.39 is 0 Å². The number of aromatic hydroxyl groups is 2. The van der Waals surface area contributed by atoms with Crippen LogP contribution in [0.5, 0.6) is 17.2 Å². The van der Waals surface area contributed by atoms with Gasteiger partial charge in [0.05, 0.1) is 0 Å². The number of hydrogen-bond donors (Lipinski definition) is 2. The number of benzene rings is 3. The first-order valence-electron chi connectivity index (χ1n) is 13.7. The highest BCUT2D eigenvalue weighted by Crippen LogP contribution is 2.43. The molecule has 0 amide bonds. The summed E-state index contributed by atoms with van der Waals surface area (Å²) < 4.78 is 7.25. The summed E-state index contributed by atoms with van der Waals surface area (Å²) >= 11 is 1.47. The molecule has 0 aliphatic carbocycles. The van der Waals surface area contributed by atoms with Gasteiger partial charge in [-0.25, -0.2) is 0 Å². The lowest BCUT2D eigenvalue weighted by molar-refractivity contribution is 0.104. The molecule has 1 aromatic heterocycles. The summed E-state index contributed by atoms with van der Waals surface area (Å²) in [6, 6.07) is 16.0. The normalized spacial score (nSPS) is 14.6. The molecule has 4 aromatic rings. The van der Waals surface area contributed by atoms with Crippen molar-refractivity contribution in [2.24, 2.45) is 0 Å². The molecular weight excluding hydrogens is 506 g/mol. The highest BCUT2D eigenvalue weighted by Gasteiger charge is 2.27. The molecule has 39 heavy (non-hydrogen) atoms. The van der Waals surface area contributed by atoms with Crippen molar-refractivity contribution < 1.29 is 19.7 Å².